The predicted molar refractivity (Wildman–Crippen MR) is 86.7 cm³/mol. The first-order valence-electron chi connectivity index (χ1n) is 7.49. The maximum atomic E-state index is 5.71. The SMILES string of the molecule is CC1(c2ccc(OC/C=C/c3ccccc3)cc2)OCCO1. The molecule has 3 heteroatoms. The zero-order valence-corrected chi connectivity index (χ0v) is 12.7. The monoisotopic (exact) mass is 296 g/mol. The Hall–Kier alpha value is -2.10. The highest BCUT2D eigenvalue weighted by Crippen LogP contribution is 2.31. The Morgan fingerprint density at radius 2 is 1.68 bits per heavy atom. The Morgan fingerprint density at radius 1 is 1.00 bits per heavy atom. The van der Waals surface area contributed by atoms with Crippen LogP contribution in [0.15, 0.2) is 60.7 Å². The summed E-state index contributed by atoms with van der Waals surface area (Å²) in [6.45, 7) is 3.76. The van der Waals surface area contributed by atoms with Crippen molar-refractivity contribution < 1.29 is 14.2 Å². The molecule has 1 saturated heterocycles. The molecule has 0 radical (unpaired) electrons. The summed E-state index contributed by atoms with van der Waals surface area (Å²) in [7, 11) is 0. The van der Waals surface area contributed by atoms with Crippen molar-refractivity contribution in [1.29, 1.82) is 0 Å². The standard InChI is InChI=1S/C19H20O3/c1-19(21-14-15-22-19)17-9-11-18(12-10-17)20-13-5-8-16-6-3-2-4-7-16/h2-12H,13-15H2,1H3/b8-5+. The molecule has 1 aliphatic heterocycles. The summed E-state index contributed by atoms with van der Waals surface area (Å²) in [5.41, 5.74) is 2.18. The summed E-state index contributed by atoms with van der Waals surface area (Å²) >= 11 is 0. The third-order valence-electron chi connectivity index (χ3n) is 3.67. The van der Waals surface area contributed by atoms with Crippen LogP contribution in [0.1, 0.15) is 18.1 Å². The molecular weight excluding hydrogens is 276 g/mol. The molecule has 2 aromatic rings. The van der Waals surface area contributed by atoms with Crippen LogP contribution in [-0.4, -0.2) is 19.8 Å². The lowest BCUT2D eigenvalue weighted by molar-refractivity contribution is -0.149. The van der Waals surface area contributed by atoms with Crippen molar-refractivity contribution >= 4 is 6.08 Å². The van der Waals surface area contributed by atoms with Gasteiger partial charge in [0, 0.05) is 5.56 Å². The molecule has 1 fully saturated rings. The second-order valence-electron chi connectivity index (χ2n) is 5.29. The number of rotatable bonds is 5. The first kappa shape index (κ1) is 14.8. The topological polar surface area (TPSA) is 27.7 Å². The van der Waals surface area contributed by atoms with Crippen LogP contribution < -0.4 is 4.74 Å². The van der Waals surface area contributed by atoms with Gasteiger partial charge in [0.15, 0.2) is 5.79 Å². The Labute approximate surface area is 131 Å². The molecule has 1 aliphatic rings. The van der Waals surface area contributed by atoms with Gasteiger partial charge in [-0.2, -0.15) is 0 Å². The number of benzene rings is 2. The van der Waals surface area contributed by atoms with E-state index in [1.807, 2.05) is 55.5 Å². The van der Waals surface area contributed by atoms with E-state index >= 15 is 0 Å². The third-order valence-corrected chi connectivity index (χ3v) is 3.67. The third kappa shape index (κ3) is 3.56. The smallest absolute Gasteiger partial charge is 0.192 e. The number of ether oxygens (including phenoxy) is 3. The number of hydrogen-bond donors (Lipinski definition) is 0. The van der Waals surface area contributed by atoms with Crippen LogP contribution in [-0.2, 0) is 15.3 Å². The van der Waals surface area contributed by atoms with Gasteiger partial charge in [-0.15, -0.1) is 0 Å². The van der Waals surface area contributed by atoms with Gasteiger partial charge in [-0.05, 0) is 42.8 Å². The lowest BCUT2D eigenvalue weighted by Crippen LogP contribution is -2.22. The summed E-state index contributed by atoms with van der Waals surface area (Å²) in [5, 5.41) is 0. The largest absolute Gasteiger partial charge is 0.490 e. The van der Waals surface area contributed by atoms with Crippen LogP contribution in [0.5, 0.6) is 5.75 Å². The van der Waals surface area contributed by atoms with Gasteiger partial charge in [0.2, 0.25) is 0 Å². The first-order chi connectivity index (χ1) is 10.8. The van der Waals surface area contributed by atoms with Crippen LogP contribution in [0.4, 0.5) is 0 Å². The van der Waals surface area contributed by atoms with Gasteiger partial charge in [-0.3, -0.25) is 0 Å². The zero-order valence-electron chi connectivity index (χ0n) is 12.7. The molecule has 0 N–H and O–H groups in total. The van der Waals surface area contributed by atoms with Crippen LogP contribution in [0.2, 0.25) is 0 Å². The normalized spacial score (nSPS) is 17.0. The minimum Gasteiger partial charge on any atom is -0.490 e. The van der Waals surface area contributed by atoms with E-state index in [2.05, 4.69) is 18.2 Å². The predicted octanol–water partition coefficient (Wildman–Crippen LogP) is 4.00. The molecule has 0 unspecified atom stereocenters. The van der Waals surface area contributed by atoms with E-state index in [1.54, 1.807) is 0 Å². The van der Waals surface area contributed by atoms with E-state index in [1.165, 1.54) is 5.56 Å². The second-order valence-corrected chi connectivity index (χ2v) is 5.29. The Bertz CT molecular complexity index is 611. The summed E-state index contributed by atoms with van der Waals surface area (Å²) in [6, 6.07) is 18.0. The molecule has 1 heterocycles. The van der Waals surface area contributed by atoms with Crippen molar-refractivity contribution in [2.75, 3.05) is 19.8 Å². The van der Waals surface area contributed by atoms with Crippen molar-refractivity contribution in [3.8, 4) is 5.75 Å². The summed E-state index contributed by atoms with van der Waals surface area (Å²) < 4.78 is 17.0. The quantitative estimate of drug-likeness (QED) is 0.834. The molecule has 0 spiro atoms. The molecule has 3 nitrogen and oxygen atoms in total. The molecule has 0 amide bonds. The van der Waals surface area contributed by atoms with Crippen molar-refractivity contribution in [3.63, 3.8) is 0 Å². The molecule has 2 aromatic carbocycles. The van der Waals surface area contributed by atoms with E-state index in [0.29, 0.717) is 19.8 Å². The van der Waals surface area contributed by atoms with Crippen molar-refractivity contribution in [3.05, 3.63) is 71.8 Å². The fourth-order valence-corrected chi connectivity index (χ4v) is 2.43. The summed E-state index contributed by atoms with van der Waals surface area (Å²) in [4.78, 5) is 0. The lowest BCUT2D eigenvalue weighted by Gasteiger charge is -2.22. The van der Waals surface area contributed by atoms with Crippen LogP contribution in [0, 0.1) is 0 Å². The van der Waals surface area contributed by atoms with E-state index in [0.717, 1.165) is 11.3 Å². The van der Waals surface area contributed by atoms with E-state index in [4.69, 9.17) is 14.2 Å². The van der Waals surface area contributed by atoms with Gasteiger partial charge < -0.3 is 14.2 Å². The fourth-order valence-electron chi connectivity index (χ4n) is 2.43. The van der Waals surface area contributed by atoms with Crippen molar-refractivity contribution in [2.24, 2.45) is 0 Å². The zero-order chi connectivity index (χ0) is 15.3. The molecular formula is C19H20O3. The molecule has 0 atom stereocenters. The minimum absolute atomic E-state index is 0.540. The van der Waals surface area contributed by atoms with Crippen LogP contribution in [0.25, 0.3) is 6.08 Å². The molecule has 114 valence electrons. The average molecular weight is 296 g/mol. The molecule has 22 heavy (non-hydrogen) atoms. The van der Waals surface area contributed by atoms with Gasteiger partial charge >= 0.3 is 0 Å². The Kier molecular flexibility index (Phi) is 4.56. The molecule has 0 saturated carbocycles. The minimum atomic E-state index is -0.619. The molecule has 0 aromatic heterocycles. The molecule has 3 rings (SSSR count). The highest BCUT2D eigenvalue weighted by atomic mass is 16.7. The van der Waals surface area contributed by atoms with Crippen LogP contribution >= 0.6 is 0 Å². The van der Waals surface area contributed by atoms with Gasteiger partial charge in [0.25, 0.3) is 0 Å². The van der Waals surface area contributed by atoms with E-state index in [-0.39, 0.29) is 0 Å². The van der Waals surface area contributed by atoms with E-state index < -0.39 is 5.79 Å². The maximum Gasteiger partial charge on any atom is 0.192 e. The van der Waals surface area contributed by atoms with Crippen LogP contribution in [0.3, 0.4) is 0 Å². The van der Waals surface area contributed by atoms with E-state index in [9.17, 15) is 0 Å². The number of hydrogen-bond acceptors (Lipinski definition) is 3. The van der Waals surface area contributed by atoms with Gasteiger partial charge in [0.1, 0.15) is 12.4 Å². The fraction of sp³-hybridized carbons (Fsp3) is 0.263. The average Bonchev–Trinajstić information content (AvgIpc) is 3.01. The summed E-state index contributed by atoms with van der Waals surface area (Å²) in [6.07, 6.45) is 4.06. The van der Waals surface area contributed by atoms with Crippen molar-refractivity contribution in [1.82, 2.24) is 0 Å². The lowest BCUT2D eigenvalue weighted by atomic mass is 10.1. The maximum absolute atomic E-state index is 5.71. The van der Waals surface area contributed by atoms with Crippen molar-refractivity contribution in [2.45, 2.75) is 12.7 Å². The van der Waals surface area contributed by atoms with Gasteiger partial charge in [-0.25, -0.2) is 0 Å². The highest BCUT2D eigenvalue weighted by Gasteiger charge is 2.32. The molecule has 0 bridgehead atoms. The molecule has 0 aliphatic carbocycles. The summed E-state index contributed by atoms with van der Waals surface area (Å²) in [5.74, 6) is 0.217. The van der Waals surface area contributed by atoms with Gasteiger partial charge in [0.05, 0.1) is 13.2 Å². The highest BCUT2D eigenvalue weighted by molar-refractivity contribution is 5.48. The second kappa shape index (κ2) is 6.77. The Balaban J connectivity index is 1.54. The first-order valence-corrected chi connectivity index (χ1v) is 7.49. The Morgan fingerprint density at radius 3 is 2.36 bits per heavy atom. The van der Waals surface area contributed by atoms with Gasteiger partial charge in [-0.1, -0.05) is 36.4 Å².